The van der Waals surface area contributed by atoms with Gasteiger partial charge in [0.15, 0.2) is 0 Å². The van der Waals surface area contributed by atoms with Gasteiger partial charge in [-0.05, 0) is 25.0 Å². The van der Waals surface area contributed by atoms with E-state index in [-0.39, 0.29) is 5.82 Å². The summed E-state index contributed by atoms with van der Waals surface area (Å²) in [6, 6.07) is 5.41. The molecule has 0 N–H and O–H groups in total. The van der Waals surface area contributed by atoms with Gasteiger partial charge in [-0.15, -0.1) is 0 Å². The molecule has 0 saturated carbocycles. The molecule has 0 spiro atoms. The standard InChI is InChI=1S/C14H19FN2O/c15-12-4-3-5-13(16-6-1-2-7-16)14(12)17-8-10-18-11-9-17/h3-5H,1-2,6-11H2. The Labute approximate surface area is 107 Å². The number of anilines is 2. The maximum atomic E-state index is 14.2. The van der Waals surface area contributed by atoms with Crippen molar-refractivity contribution in [1.29, 1.82) is 0 Å². The summed E-state index contributed by atoms with van der Waals surface area (Å²) in [5.74, 6) is -0.110. The Morgan fingerprint density at radius 1 is 0.944 bits per heavy atom. The lowest BCUT2D eigenvalue weighted by molar-refractivity contribution is 0.122. The van der Waals surface area contributed by atoms with Crippen molar-refractivity contribution >= 4 is 11.4 Å². The Morgan fingerprint density at radius 3 is 2.39 bits per heavy atom. The lowest BCUT2D eigenvalue weighted by Crippen LogP contribution is -2.38. The van der Waals surface area contributed by atoms with Crippen LogP contribution in [0.4, 0.5) is 15.8 Å². The molecule has 0 aromatic heterocycles. The highest BCUT2D eigenvalue weighted by Crippen LogP contribution is 2.34. The molecule has 18 heavy (non-hydrogen) atoms. The third-order valence-electron chi connectivity index (χ3n) is 3.74. The molecule has 0 atom stereocenters. The molecule has 0 radical (unpaired) electrons. The van der Waals surface area contributed by atoms with Gasteiger partial charge in [0.05, 0.1) is 24.6 Å². The van der Waals surface area contributed by atoms with Crippen LogP contribution in [0.2, 0.25) is 0 Å². The molecule has 0 bridgehead atoms. The van der Waals surface area contributed by atoms with Gasteiger partial charge in [-0.1, -0.05) is 6.07 Å². The van der Waals surface area contributed by atoms with Gasteiger partial charge in [-0.2, -0.15) is 0 Å². The van der Waals surface area contributed by atoms with Crippen LogP contribution in [0.1, 0.15) is 12.8 Å². The molecule has 0 amide bonds. The molecule has 2 aliphatic heterocycles. The third-order valence-corrected chi connectivity index (χ3v) is 3.74. The first-order chi connectivity index (χ1) is 8.86. The van der Waals surface area contributed by atoms with E-state index in [1.807, 2.05) is 12.1 Å². The quantitative estimate of drug-likeness (QED) is 0.800. The van der Waals surface area contributed by atoms with Crippen LogP contribution < -0.4 is 9.80 Å². The van der Waals surface area contributed by atoms with Gasteiger partial charge in [0.2, 0.25) is 0 Å². The molecule has 2 heterocycles. The highest BCUT2D eigenvalue weighted by atomic mass is 19.1. The monoisotopic (exact) mass is 250 g/mol. The summed E-state index contributed by atoms with van der Waals surface area (Å²) in [6.45, 7) is 5.02. The number of hydrogen-bond acceptors (Lipinski definition) is 3. The minimum Gasteiger partial charge on any atom is -0.378 e. The molecule has 4 heteroatoms. The van der Waals surface area contributed by atoms with E-state index in [1.165, 1.54) is 12.8 Å². The van der Waals surface area contributed by atoms with Crippen molar-refractivity contribution in [2.45, 2.75) is 12.8 Å². The zero-order chi connectivity index (χ0) is 12.4. The van der Waals surface area contributed by atoms with Crippen LogP contribution in [-0.4, -0.2) is 39.4 Å². The summed E-state index contributed by atoms with van der Waals surface area (Å²) >= 11 is 0. The van der Waals surface area contributed by atoms with Crippen molar-refractivity contribution in [3.05, 3.63) is 24.0 Å². The number of para-hydroxylation sites is 1. The summed E-state index contributed by atoms with van der Waals surface area (Å²) in [5, 5.41) is 0. The number of morpholine rings is 1. The molecule has 1 aromatic rings. The second kappa shape index (κ2) is 5.14. The van der Waals surface area contributed by atoms with Crippen LogP contribution in [0.3, 0.4) is 0 Å². The van der Waals surface area contributed by atoms with Crippen molar-refractivity contribution in [2.75, 3.05) is 49.2 Å². The first-order valence-electron chi connectivity index (χ1n) is 6.72. The van der Waals surface area contributed by atoms with Crippen LogP contribution >= 0.6 is 0 Å². The normalized spacial score (nSPS) is 20.5. The second-order valence-electron chi connectivity index (χ2n) is 4.90. The molecule has 3 rings (SSSR count). The second-order valence-corrected chi connectivity index (χ2v) is 4.90. The summed E-state index contributed by atoms with van der Waals surface area (Å²) in [4.78, 5) is 4.42. The van der Waals surface area contributed by atoms with Gasteiger partial charge in [0.1, 0.15) is 5.82 Å². The van der Waals surface area contributed by atoms with E-state index in [1.54, 1.807) is 6.07 Å². The van der Waals surface area contributed by atoms with Crippen molar-refractivity contribution in [2.24, 2.45) is 0 Å². The molecular formula is C14H19FN2O. The molecule has 0 unspecified atom stereocenters. The largest absolute Gasteiger partial charge is 0.378 e. The minimum absolute atomic E-state index is 0.110. The Hall–Kier alpha value is -1.29. The predicted octanol–water partition coefficient (Wildman–Crippen LogP) is 2.26. The fourth-order valence-corrected chi connectivity index (χ4v) is 2.82. The van der Waals surface area contributed by atoms with Crippen LogP contribution in [0, 0.1) is 5.82 Å². The van der Waals surface area contributed by atoms with Crippen molar-refractivity contribution in [3.8, 4) is 0 Å². The van der Waals surface area contributed by atoms with E-state index in [4.69, 9.17) is 4.74 Å². The van der Waals surface area contributed by atoms with Gasteiger partial charge < -0.3 is 14.5 Å². The number of ether oxygens (including phenoxy) is 1. The molecular weight excluding hydrogens is 231 g/mol. The molecule has 1 aromatic carbocycles. The summed E-state index contributed by atoms with van der Waals surface area (Å²) in [7, 11) is 0. The Kier molecular flexibility index (Phi) is 3.37. The van der Waals surface area contributed by atoms with Gasteiger partial charge >= 0.3 is 0 Å². The van der Waals surface area contributed by atoms with E-state index in [9.17, 15) is 4.39 Å². The van der Waals surface area contributed by atoms with E-state index in [0.29, 0.717) is 13.2 Å². The lowest BCUT2D eigenvalue weighted by atomic mass is 10.2. The maximum absolute atomic E-state index is 14.2. The Bertz CT molecular complexity index is 412. The lowest BCUT2D eigenvalue weighted by Gasteiger charge is -2.33. The predicted molar refractivity (Wildman–Crippen MR) is 70.9 cm³/mol. The maximum Gasteiger partial charge on any atom is 0.148 e. The highest BCUT2D eigenvalue weighted by Gasteiger charge is 2.23. The molecule has 3 nitrogen and oxygen atoms in total. The van der Waals surface area contributed by atoms with E-state index < -0.39 is 0 Å². The van der Waals surface area contributed by atoms with E-state index in [0.717, 1.165) is 37.6 Å². The number of rotatable bonds is 2. The van der Waals surface area contributed by atoms with E-state index in [2.05, 4.69) is 9.80 Å². The third kappa shape index (κ3) is 2.17. The van der Waals surface area contributed by atoms with E-state index >= 15 is 0 Å². The fourth-order valence-electron chi connectivity index (χ4n) is 2.82. The highest BCUT2D eigenvalue weighted by molar-refractivity contribution is 5.72. The van der Waals surface area contributed by atoms with Gasteiger partial charge in [0.25, 0.3) is 0 Å². The first-order valence-corrected chi connectivity index (χ1v) is 6.72. The number of nitrogens with zero attached hydrogens (tertiary/aromatic N) is 2. The number of hydrogen-bond donors (Lipinski definition) is 0. The van der Waals surface area contributed by atoms with Gasteiger partial charge in [0, 0.05) is 26.2 Å². The van der Waals surface area contributed by atoms with Crippen LogP contribution in [0.25, 0.3) is 0 Å². The van der Waals surface area contributed by atoms with Crippen LogP contribution in [-0.2, 0) is 4.74 Å². The average Bonchev–Trinajstić information content (AvgIpc) is 2.93. The van der Waals surface area contributed by atoms with Crippen molar-refractivity contribution in [1.82, 2.24) is 0 Å². The van der Waals surface area contributed by atoms with Crippen LogP contribution in [0.5, 0.6) is 0 Å². The summed E-state index contributed by atoms with van der Waals surface area (Å²) < 4.78 is 19.5. The zero-order valence-electron chi connectivity index (χ0n) is 10.6. The Morgan fingerprint density at radius 2 is 1.67 bits per heavy atom. The summed E-state index contributed by atoms with van der Waals surface area (Å²) in [5.41, 5.74) is 1.82. The molecule has 2 saturated heterocycles. The topological polar surface area (TPSA) is 15.7 Å². The first kappa shape index (κ1) is 11.8. The smallest absolute Gasteiger partial charge is 0.148 e. The molecule has 98 valence electrons. The zero-order valence-corrected chi connectivity index (χ0v) is 10.6. The Balaban J connectivity index is 1.94. The molecule has 2 fully saturated rings. The van der Waals surface area contributed by atoms with Crippen molar-refractivity contribution in [3.63, 3.8) is 0 Å². The molecule has 0 aliphatic carbocycles. The average molecular weight is 250 g/mol. The van der Waals surface area contributed by atoms with Crippen molar-refractivity contribution < 1.29 is 9.13 Å². The minimum atomic E-state index is -0.110. The SMILES string of the molecule is Fc1cccc(N2CCCC2)c1N1CCOCC1. The summed E-state index contributed by atoms with van der Waals surface area (Å²) in [6.07, 6.45) is 2.41. The van der Waals surface area contributed by atoms with Gasteiger partial charge in [-0.3, -0.25) is 0 Å². The molecule has 2 aliphatic rings. The fraction of sp³-hybridized carbons (Fsp3) is 0.571. The van der Waals surface area contributed by atoms with Crippen LogP contribution in [0.15, 0.2) is 18.2 Å². The number of benzene rings is 1. The number of halogens is 1. The van der Waals surface area contributed by atoms with Gasteiger partial charge in [-0.25, -0.2) is 4.39 Å².